The molecule has 0 spiro atoms. The molecule has 3 aliphatic rings. The lowest BCUT2D eigenvalue weighted by Crippen LogP contribution is -2.41. The minimum atomic E-state index is -0.442. The van der Waals surface area contributed by atoms with E-state index < -0.39 is 6.04 Å². The van der Waals surface area contributed by atoms with Crippen LogP contribution in [0.25, 0.3) is 0 Å². The van der Waals surface area contributed by atoms with E-state index in [-0.39, 0.29) is 24.1 Å². The van der Waals surface area contributed by atoms with E-state index in [4.69, 9.17) is 4.99 Å². The van der Waals surface area contributed by atoms with Crippen LogP contribution in [0.3, 0.4) is 0 Å². The van der Waals surface area contributed by atoms with E-state index in [1.807, 2.05) is 29.1 Å². The Morgan fingerprint density at radius 1 is 1.23 bits per heavy atom. The molecule has 1 aromatic rings. The summed E-state index contributed by atoms with van der Waals surface area (Å²) < 4.78 is 13.7. The van der Waals surface area contributed by atoms with Crippen LogP contribution in [0.2, 0.25) is 0 Å². The number of benzene rings is 1. The average Bonchev–Trinajstić information content (AvgIpc) is 3.43. The number of carbonyl (C=O) groups excluding carboxylic acids is 2. The molecule has 2 amide bonds. The summed E-state index contributed by atoms with van der Waals surface area (Å²) in [4.78, 5) is 36.4. The van der Waals surface area contributed by atoms with E-state index in [1.54, 1.807) is 24.1 Å². The third-order valence-electron chi connectivity index (χ3n) is 6.04. The second-order valence-electron chi connectivity index (χ2n) is 8.03. The molecular formula is C23H27FN4O2S. The predicted octanol–water partition coefficient (Wildman–Crippen LogP) is 3.89. The first kappa shape index (κ1) is 21.6. The number of thioether (sulfide) groups is 1. The molecule has 0 saturated carbocycles. The number of aliphatic imine (C=N–C) groups is 1. The van der Waals surface area contributed by atoms with E-state index in [0.717, 1.165) is 42.4 Å². The van der Waals surface area contributed by atoms with Gasteiger partial charge in [-0.3, -0.25) is 9.59 Å². The molecule has 4 rings (SSSR count). The molecule has 1 atom stereocenters. The third-order valence-corrected chi connectivity index (χ3v) is 6.93. The van der Waals surface area contributed by atoms with Crippen LogP contribution in [0.15, 0.2) is 51.6 Å². The highest BCUT2D eigenvalue weighted by molar-refractivity contribution is 8.16. The molecule has 0 aromatic heterocycles. The van der Waals surface area contributed by atoms with Gasteiger partial charge in [0.1, 0.15) is 5.82 Å². The fraction of sp³-hybridized carbons (Fsp3) is 0.435. The normalized spacial score (nSPS) is 20.6. The van der Waals surface area contributed by atoms with Crippen LogP contribution < -0.4 is 0 Å². The number of carbonyl (C=O) groups is 2. The molecule has 0 bridgehead atoms. The van der Waals surface area contributed by atoms with E-state index in [2.05, 4.69) is 0 Å². The quantitative estimate of drug-likeness (QED) is 0.694. The number of allylic oxidation sites excluding steroid dienone is 1. The highest BCUT2D eigenvalue weighted by Gasteiger charge is 2.42. The predicted molar refractivity (Wildman–Crippen MR) is 121 cm³/mol. The monoisotopic (exact) mass is 442 g/mol. The van der Waals surface area contributed by atoms with Gasteiger partial charge in [-0.25, -0.2) is 9.38 Å². The van der Waals surface area contributed by atoms with Gasteiger partial charge in [-0.2, -0.15) is 0 Å². The molecule has 1 unspecified atom stereocenters. The van der Waals surface area contributed by atoms with Crippen molar-refractivity contribution in [2.45, 2.75) is 39.2 Å². The van der Waals surface area contributed by atoms with Gasteiger partial charge in [-0.1, -0.05) is 23.9 Å². The topological polar surface area (TPSA) is 56.2 Å². The summed E-state index contributed by atoms with van der Waals surface area (Å²) in [7, 11) is 1.78. The van der Waals surface area contributed by atoms with Crippen LogP contribution >= 0.6 is 11.8 Å². The van der Waals surface area contributed by atoms with Crippen LogP contribution in [0.1, 0.15) is 44.7 Å². The summed E-state index contributed by atoms with van der Waals surface area (Å²) in [5.74, 6) is -0.347. The van der Waals surface area contributed by atoms with Gasteiger partial charge in [0.25, 0.3) is 5.91 Å². The molecule has 0 aliphatic carbocycles. The summed E-state index contributed by atoms with van der Waals surface area (Å²) in [6.07, 6.45) is 2.21. The molecule has 3 aliphatic heterocycles. The van der Waals surface area contributed by atoms with Gasteiger partial charge >= 0.3 is 0 Å². The molecule has 164 valence electrons. The second-order valence-corrected chi connectivity index (χ2v) is 8.87. The Hall–Kier alpha value is -2.61. The Morgan fingerprint density at radius 2 is 1.90 bits per heavy atom. The Kier molecular flexibility index (Phi) is 6.18. The zero-order valence-electron chi connectivity index (χ0n) is 18.1. The lowest BCUT2D eigenvalue weighted by Gasteiger charge is -2.38. The first-order chi connectivity index (χ1) is 14.9. The Balaban J connectivity index is 1.75. The van der Waals surface area contributed by atoms with Crippen molar-refractivity contribution in [1.82, 2.24) is 14.7 Å². The fourth-order valence-electron chi connectivity index (χ4n) is 4.16. The molecule has 1 aromatic carbocycles. The van der Waals surface area contributed by atoms with Gasteiger partial charge in [-0.15, -0.1) is 0 Å². The van der Waals surface area contributed by atoms with Gasteiger partial charge in [0.15, 0.2) is 5.17 Å². The number of likely N-dealkylation sites (tertiary alicyclic amines) is 1. The molecular weight excluding hydrogens is 415 g/mol. The van der Waals surface area contributed by atoms with E-state index in [9.17, 15) is 14.0 Å². The van der Waals surface area contributed by atoms with Gasteiger partial charge in [-0.05, 0) is 49.8 Å². The first-order valence-corrected chi connectivity index (χ1v) is 11.5. The molecule has 8 heteroatoms. The smallest absolute Gasteiger partial charge is 0.254 e. The number of fused-ring (bicyclic) bond motifs is 1. The number of rotatable bonds is 5. The van der Waals surface area contributed by atoms with Gasteiger partial charge < -0.3 is 14.7 Å². The van der Waals surface area contributed by atoms with Crippen LogP contribution in [0.5, 0.6) is 0 Å². The van der Waals surface area contributed by atoms with Crippen molar-refractivity contribution in [3.05, 3.63) is 58.0 Å². The Bertz CT molecular complexity index is 980. The highest BCUT2D eigenvalue weighted by Crippen LogP contribution is 2.45. The maximum atomic E-state index is 13.7. The van der Waals surface area contributed by atoms with Gasteiger partial charge in [0.2, 0.25) is 5.91 Å². The summed E-state index contributed by atoms with van der Waals surface area (Å²) >= 11 is 1.46. The van der Waals surface area contributed by atoms with Crippen LogP contribution in [0.4, 0.5) is 4.39 Å². The van der Waals surface area contributed by atoms with Crippen molar-refractivity contribution >= 4 is 28.7 Å². The van der Waals surface area contributed by atoms with E-state index >= 15 is 0 Å². The fourth-order valence-corrected chi connectivity index (χ4v) is 5.12. The lowest BCUT2D eigenvalue weighted by atomic mass is 9.92. The number of amides is 2. The van der Waals surface area contributed by atoms with E-state index in [1.165, 1.54) is 23.9 Å². The zero-order chi connectivity index (χ0) is 22.1. The van der Waals surface area contributed by atoms with Crippen molar-refractivity contribution in [2.24, 2.45) is 4.99 Å². The third kappa shape index (κ3) is 4.13. The molecule has 1 fully saturated rings. The number of hydrogen-bond acceptors (Lipinski definition) is 5. The maximum absolute atomic E-state index is 13.7. The molecule has 1 saturated heterocycles. The largest absolute Gasteiger partial charge is 0.346 e. The minimum absolute atomic E-state index is 0.00662. The highest BCUT2D eigenvalue weighted by atomic mass is 32.2. The van der Waals surface area contributed by atoms with Crippen molar-refractivity contribution in [2.75, 3.05) is 26.7 Å². The van der Waals surface area contributed by atoms with Crippen LogP contribution in [0, 0.1) is 5.82 Å². The summed E-state index contributed by atoms with van der Waals surface area (Å²) in [6, 6.07) is 5.82. The van der Waals surface area contributed by atoms with E-state index in [0.29, 0.717) is 17.8 Å². The molecule has 31 heavy (non-hydrogen) atoms. The standard InChI is InChI=1S/C23H27FN4O2S/c1-4-26(3)19(29)13-18-14-31-23-25-15(2)20(22(30)27-11-5-6-12-27)21(28(18)23)16-7-9-17(24)10-8-16/h7-10,14,21H,4-6,11-13H2,1-3H3. The SMILES string of the molecule is CCN(C)C(=O)CC1=CSC2=NC(C)=C(C(=O)N3CCCC3)C(c3ccc(F)cc3)N12. The van der Waals surface area contributed by atoms with Crippen molar-refractivity contribution < 1.29 is 14.0 Å². The first-order valence-electron chi connectivity index (χ1n) is 10.6. The molecule has 6 nitrogen and oxygen atoms in total. The number of halogens is 1. The minimum Gasteiger partial charge on any atom is -0.346 e. The van der Waals surface area contributed by atoms with Crippen LogP contribution in [-0.2, 0) is 9.59 Å². The summed E-state index contributed by atoms with van der Waals surface area (Å²) in [5.41, 5.74) is 2.89. The number of nitrogens with zero attached hydrogens (tertiary/aromatic N) is 4. The molecule has 0 N–H and O–H groups in total. The van der Waals surface area contributed by atoms with Crippen molar-refractivity contribution in [1.29, 1.82) is 0 Å². The molecule has 0 radical (unpaired) electrons. The Morgan fingerprint density at radius 3 is 2.55 bits per heavy atom. The lowest BCUT2D eigenvalue weighted by molar-refractivity contribution is -0.129. The maximum Gasteiger partial charge on any atom is 0.254 e. The molecule has 3 heterocycles. The number of hydrogen-bond donors (Lipinski definition) is 0. The number of amidine groups is 1. The van der Waals surface area contributed by atoms with Crippen molar-refractivity contribution in [3.8, 4) is 0 Å². The van der Waals surface area contributed by atoms with Crippen molar-refractivity contribution in [3.63, 3.8) is 0 Å². The van der Waals surface area contributed by atoms with Crippen LogP contribution in [-0.4, -0.2) is 58.4 Å². The average molecular weight is 443 g/mol. The second kappa shape index (κ2) is 8.86. The zero-order valence-corrected chi connectivity index (χ0v) is 18.9. The van der Waals surface area contributed by atoms with Gasteiger partial charge in [0.05, 0.1) is 23.7 Å². The summed E-state index contributed by atoms with van der Waals surface area (Å²) in [6.45, 7) is 5.89. The van der Waals surface area contributed by atoms with Gasteiger partial charge in [0, 0.05) is 32.4 Å². The summed E-state index contributed by atoms with van der Waals surface area (Å²) in [5, 5.41) is 2.68. The Labute approximate surface area is 186 Å².